The zero-order valence-corrected chi connectivity index (χ0v) is 22.2. The summed E-state index contributed by atoms with van der Waals surface area (Å²) in [6, 6.07) is 7.93. The number of ether oxygens (including phenoxy) is 1. The molecule has 2 atom stereocenters. The number of thiophene rings is 1. The molecule has 0 spiro atoms. The average molecular weight is 486 g/mol. The molecule has 0 saturated carbocycles. The van der Waals surface area contributed by atoms with Gasteiger partial charge in [-0.2, -0.15) is 0 Å². The van der Waals surface area contributed by atoms with Crippen molar-refractivity contribution in [1.29, 1.82) is 0 Å². The fourth-order valence-corrected chi connectivity index (χ4v) is 5.25. The molecule has 1 aliphatic rings. The first-order valence-corrected chi connectivity index (χ1v) is 13.2. The molecule has 3 rings (SSSR count). The number of carbonyl (C=O) groups excluding carboxylic acids is 2. The lowest BCUT2D eigenvalue weighted by molar-refractivity contribution is -0.135. The molecule has 1 aromatic carbocycles. The molecule has 1 aliphatic heterocycles. The molecule has 0 fully saturated rings. The highest BCUT2D eigenvalue weighted by Crippen LogP contribution is 2.34. The molecule has 7 heteroatoms. The van der Waals surface area contributed by atoms with Crippen LogP contribution in [0.2, 0.25) is 0 Å². The molecule has 3 amide bonds. The van der Waals surface area contributed by atoms with Crippen LogP contribution in [0.4, 0.5) is 4.79 Å². The van der Waals surface area contributed by atoms with Gasteiger partial charge >= 0.3 is 6.03 Å². The zero-order valence-electron chi connectivity index (χ0n) is 21.4. The third kappa shape index (κ3) is 6.53. The average Bonchev–Trinajstić information content (AvgIpc) is 3.26. The number of amides is 3. The highest BCUT2D eigenvalue weighted by Gasteiger charge is 2.34. The molecular formula is C27H39N3O3S. The predicted molar refractivity (Wildman–Crippen MR) is 139 cm³/mol. The van der Waals surface area contributed by atoms with E-state index in [-0.39, 0.29) is 30.6 Å². The minimum absolute atomic E-state index is 0.0179. The summed E-state index contributed by atoms with van der Waals surface area (Å²) >= 11 is 1.74. The van der Waals surface area contributed by atoms with Gasteiger partial charge in [0.15, 0.2) is 0 Å². The quantitative estimate of drug-likeness (QED) is 0.522. The largest absolute Gasteiger partial charge is 0.491 e. The number of urea groups is 1. The van der Waals surface area contributed by atoms with Crippen LogP contribution in [-0.2, 0) is 11.2 Å². The maximum absolute atomic E-state index is 13.6. The number of nitrogens with zero attached hydrogens (tertiary/aromatic N) is 2. The Bertz CT molecular complexity index is 987. The van der Waals surface area contributed by atoms with Gasteiger partial charge in [-0.1, -0.05) is 38.0 Å². The number of hydrogen-bond donors (Lipinski definition) is 1. The van der Waals surface area contributed by atoms with E-state index in [9.17, 15) is 9.59 Å². The van der Waals surface area contributed by atoms with Gasteiger partial charge in [0.2, 0.25) is 5.91 Å². The first kappa shape index (κ1) is 26.1. The van der Waals surface area contributed by atoms with Crippen molar-refractivity contribution in [3.63, 3.8) is 0 Å². The van der Waals surface area contributed by atoms with Gasteiger partial charge in [-0.05, 0) is 68.7 Å². The van der Waals surface area contributed by atoms with Crippen molar-refractivity contribution in [2.45, 2.75) is 66.5 Å². The van der Waals surface area contributed by atoms with Crippen LogP contribution in [0.15, 0.2) is 29.6 Å². The molecule has 0 unspecified atom stereocenters. The number of aryl methyl sites for hydroxylation is 2. The second kappa shape index (κ2) is 11.7. The first-order chi connectivity index (χ1) is 16.2. The van der Waals surface area contributed by atoms with Crippen LogP contribution in [0.3, 0.4) is 0 Å². The summed E-state index contributed by atoms with van der Waals surface area (Å²) in [6.07, 6.45) is 1.79. The van der Waals surface area contributed by atoms with Gasteiger partial charge in [-0.15, -0.1) is 11.3 Å². The highest BCUT2D eigenvalue weighted by molar-refractivity contribution is 7.10. The monoisotopic (exact) mass is 485 g/mol. The summed E-state index contributed by atoms with van der Waals surface area (Å²) in [5, 5.41) is 5.05. The molecule has 1 aromatic heterocycles. The number of nitrogens with one attached hydrogen (secondary N) is 1. The van der Waals surface area contributed by atoms with Gasteiger partial charge in [0, 0.05) is 24.0 Å². The number of benzene rings is 1. The zero-order chi connectivity index (χ0) is 24.8. The molecule has 0 saturated heterocycles. The molecule has 1 N–H and O–H groups in total. The lowest BCUT2D eigenvalue weighted by Crippen LogP contribution is -2.51. The van der Waals surface area contributed by atoms with Gasteiger partial charge < -0.3 is 19.9 Å². The van der Waals surface area contributed by atoms with Gasteiger partial charge in [0.1, 0.15) is 18.9 Å². The summed E-state index contributed by atoms with van der Waals surface area (Å²) in [5.74, 6) is 1.13. The fourth-order valence-electron chi connectivity index (χ4n) is 4.32. The van der Waals surface area contributed by atoms with Crippen LogP contribution in [0.5, 0.6) is 5.75 Å². The molecule has 0 radical (unpaired) electrons. The molecule has 34 heavy (non-hydrogen) atoms. The second-order valence-electron chi connectivity index (χ2n) is 9.73. The number of carbonyl (C=O) groups is 2. The Morgan fingerprint density at radius 1 is 1.24 bits per heavy atom. The van der Waals surface area contributed by atoms with E-state index in [0.29, 0.717) is 25.6 Å². The van der Waals surface area contributed by atoms with Crippen LogP contribution >= 0.6 is 11.3 Å². The van der Waals surface area contributed by atoms with E-state index < -0.39 is 0 Å². The first-order valence-electron chi connectivity index (χ1n) is 12.3. The van der Waals surface area contributed by atoms with Crippen molar-refractivity contribution in [1.82, 2.24) is 15.1 Å². The van der Waals surface area contributed by atoms with E-state index in [1.54, 1.807) is 16.2 Å². The molecule has 2 aromatic rings. The minimum Gasteiger partial charge on any atom is -0.491 e. The van der Waals surface area contributed by atoms with Gasteiger partial charge in [0.25, 0.3) is 0 Å². The predicted octanol–water partition coefficient (Wildman–Crippen LogP) is 5.34. The third-order valence-electron chi connectivity index (χ3n) is 6.40. The summed E-state index contributed by atoms with van der Waals surface area (Å²) in [5.41, 5.74) is 3.44. The van der Waals surface area contributed by atoms with Crippen molar-refractivity contribution in [2.75, 3.05) is 26.2 Å². The van der Waals surface area contributed by atoms with E-state index in [1.807, 2.05) is 37.8 Å². The lowest BCUT2D eigenvalue weighted by atomic mass is 10.00. The Labute approximate surface area is 208 Å². The van der Waals surface area contributed by atoms with E-state index >= 15 is 0 Å². The van der Waals surface area contributed by atoms with Crippen LogP contribution in [0, 0.1) is 19.8 Å². The van der Waals surface area contributed by atoms with E-state index in [4.69, 9.17) is 4.74 Å². The lowest BCUT2D eigenvalue weighted by Gasteiger charge is -2.37. The van der Waals surface area contributed by atoms with Crippen molar-refractivity contribution < 1.29 is 14.3 Å². The van der Waals surface area contributed by atoms with E-state index in [1.165, 1.54) is 10.4 Å². The number of hydrogen-bond acceptors (Lipinski definition) is 4. The number of fused-ring (bicyclic) bond motifs is 1. The second-order valence-corrected chi connectivity index (χ2v) is 10.7. The maximum atomic E-state index is 13.6. The van der Waals surface area contributed by atoms with E-state index in [2.05, 4.69) is 43.6 Å². The number of rotatable bonds is 9. The molecule has 186 valence electrons. The topological polar surface area (TPSA) is 61.9 Å². The Morgan fingerprint density at radius 2 is 2.00 bits per heavy atom. The Balaban J connectivity index is 1.78. The Kier molecular flexibility index (Phi) is 9.00. The van der Waals surface area contributed by atoms with Crippen molar-refractivity contribution in [2.24, 2.45) is 5.92 Å². The normalized spacial score (nSPS) is 16.2. The molecular weight excluding hydrogens is 446 g/mol. The van der Waals surface area contributed by atoms with Gasteiger partial charge in [0.05, 0.1) is 6.04 Å². The van der Waals surface area contributed by atoms with Crippen LogP contribution in [0.25, 0.3) is 0 Å². The van der Waals surface area contributed by atoms with Crippen LogP contribution < -0.4 is 10.1 Å². The summed E-state index contributed by atoms with van der Waals surface area (Å²) < 4.78 is 6.24. The summed E-state index contributed by atoms with van der Waals surface area (Å²) in [7, 11) is 0. The smallest absolute Gasteiger partial charge is 0.318 e. The molecule has 0 aliphatic carbocycles. The Hall–Kier alpha value is -2.54. The van der Waals surface area contributed by atoms with Gasteiger partial charge in [-0.25, -0.2) is 4.79 Å². The summed E-state index contributed by atoms with van der Waals surface area (Å²) in [4.78, 5) is 31.3. The summed E-state index contributed by atoms with van der Waals surface area (Å²) in [6.45, 7) is 13.9. The highest BCUT2D eigenvalue weighted by atomic mass is 32.1. The molecule has 6 nitrogen and oxygen atoms in total. The van der Waals surface area contributed by atoms with Crippen LogP contribution in [0.1, 0.15) is 61.7 Å². The fraction of sp³-hybridized carbons (Fsp3) is 0.556. The standard InChI is InChI=1S/C27H39N3O3S/c1-7-19(4)15-29(27(32)28-18(2)3)16-26(31)30-12-10-25-22(11-13-34-25)23(30)17-33-24-9-8-20(5)14-21(24)6/h8-9,11,13-14,18-19,23H,7,10,12,15-17H2,1-6H3,(H,28,32)/t19-,23+/m1/s1. The SMILES string of the molecule is CC[C@@H](C)CN(CC(=O)N1CCc2sccc2[C@@H]1COc1ccc(C)cc1C)C(=O)NC(C)C. The van der Waals surface area contributed by atoms with Crippen molar-refractivity contribution in [3.05, 3.63) is 51.2 Å². The minimum atomic E-state index is -0.181. The molecule has 2 heterocycles. The van der Waals surface area contributed by atoms with Crippen LogP contribution in [-0.4, -0.2) is 54.0 Å². The van der Waals surface area contributed by atoms with E-state index in [0.717, 1.165) is 29.7 Å². The third-order valence-corrected chi connectivity index (χ3v) is 7.39. The Morgan fingerprint density at radius 3 is 2.68 bits per heavy atom. The van der Waals surface area contributed by atoms with Gasteiger partial charge in [-0.3, -0.25) is 4.79 Å². The van der Waals surface area contributed by atoms with Crippen molar-refractivity contribution >= 4 is 23.3 Å². The molecule has 0 bridgehead atoms. The van der Waals surface area contributed by atoms with Crippen molar-refractivity contribution in [3.8, 4) is 5.75 Å². The maximum Gasteiger partial charge on any atom is 0.318 e.